The molecule has 21 heteroatoms. The lowest BCUT2D eigenvalue weighted by atomic mass is 10.0. The van der Waals surface area contributed by atoms with Crippen LogP contribution in [0.5, 0.6) is 0 Å². The molecule has 190 valence electrons. The van der Waals surface area contributed by atoms with Gasteiger partial charge in [0, 0.05) is 12.7 Å². The lowest BCUT2D eigenvalue weighted by molar-refractivity contribution is -0.0228. The molecule has 0 spiro atoms. The summed E-state index contributed by atoms with van der Waals surface area (Å²) >= 11 is 0. The Hall–Kier alpha value is -1.07. The van der Waals surface area contributed by atoms with Gasteiger partial charge in [-0.25, -0.2) is 18.5 Å². The summed E-state index contributed by atoms with van der Waals surface area (Å²) in [6.45, 7) is -0.687. The molecule has 0 amide bonds. The topological polar surface area (TPSA) is 290 Å². The first-order valence-electron chi connectivity index (χ1n) is 8.89. The summed E-state index contributed by atoms with van der Waals surface area (Å²) in [6, 6.07) is 0. The van der Waals surface area contributed by atoms with Gasteiger partial charge in [0.2, 0.25) is 0 Å². The van der Waals surface area contributed by atoms with E-state index in [1.807, 2.05) is 4.98 Å². The van der Waals surface area contributed by atoms with Gasteiger partial charge in [-0.2, -0.15) is 8.62 Å². The van der Waals surface area contributed by atoms with E-state index < -0.39 is 65.7 Å². The SMILES string of the molecule is NCCCn1cc([C@@H]2O[C@H](COP(=O)(O)OP(=O)(O)OP(=O)(O)O)[C@@H](O)[C@H]2O)c(=O)[nH]c1=O. The number of hydrogen-bond acceptors (Lipinski definition) is 12. The molecule has 18 nitrogen and oxygen atoms in total. The van der Waals surface area contributed by atoms with Gasteiger partial charge >= 0.3 is 29.2 Å². The summed E-state index contributed by atoms with van der Waals surface area (Å²) in [7, 11) is -16.8. The van der Waals surface area contributed by atoms with Gasteiger partial charge in [-0.3, -0.25) is 14.3 Å². The number of aromatic nitrogens is 2. The molecular formula is C12H22N3O15P3. The van der Waals surface area contributed by atoms with E-state index in [0.717, 1.165) is 10.8 Å². The molecule has 1 aromatic heterocycles. The molecule has 0 aromatic carbocycles. The van der Waals surface area contributed by atoms with Crippen LogP contribution in [0.1, 0.15) is 18.1 Å². The predicted octanol–water partition coefficient (Wildman–Crippen LogP) is -2.61. The lowest BCUT2D eigenvalue weighted by Crippen LogP contribution is -2.36. The van der Waals surface area contributed by atoms with Crippen molar-refractivity contribution in [3.05, 3.63) is 32.6 Å². The number of aliphatic hydroxyl groups excluding tert-OH is 2. The van der Waals surface area contributed by atoms with E-state index in [0.29, 0.717) is 6.42 Å². The third kappa shape index (κ3) is 7.99. The van der Waals surface area contributed by atoms with Crippen molar-refractivity contribution in [3.8, 4) is 0 Å². The van der Waals surface area contributed by atoms with Crippen LogP contribution in [-0.4, -0.2) is 70.8 Å². The van der Waals surface area contributed by atoms with Crippen molar-refractivity contribution >= 4 is 23.5 Å². The van der Waals surface area contributed by atoms with E-state index in [1.54, 1.807) is 0 Å². The van der Waals surface area contributed by atoms with Crippen molar-refractivity contribution in [3.63, 3.8) is 0 Å². The Morgan fingerprint density at radius 3 is 2.27 bits per heavy atom. The molecule has 2 rings (SSSR count). The molecule has 1 aliphatic heterocycles. The number of ether oxygens (including phenoxy) is 1. The van der Waals surface area contributed by atoms with Crippen LogP contribution in [0, 0.1) is 0 Å². The van der Waals surface area contributed by atoms with Gasteiger partial charge in [-0.15, -0.1) is 0 Å². The Labute approximate surface area is 184 Å². The zero-order valence-corrected chi connectivity index (χ0v) is 19.1. The van der Waals surface area contributed by atoms with E-state index >= 15 is 0 Å². The Bertz CT molecular complexity index is 1100. The van der Waals surface area contributed by atoms with Crippen LogP contribution in [0.2, 0.25) is 0 Å². The minimum atomic E-state index is -5.75. The van der Waals surface area contributed by atoms with Crippen molar-refractivity contribution in [2.75, 3.05) is 13.2 Å². The number of phosphoric acid groups is 3. The molecule has 2 unspecified atom stereocenters. The summed E-state index contributed by atoms with van der Waals surface area (Å²) in [4.78, 5) is 61.6. The molecule has 2 heterocycles. The largest absolute Gasteiger partial charge is 0.490 e. The highest BCUT2D eigenvalue weighted by atomic mass is 31.3. The monoisotopic (exact) mass is 541 g/mol. The third-order valence-electron chi connectivity index (χ3n) is 4.13. The number of nitrogens with one attached hydrogen (secondary N) is 1. The average molecular weight is 541 g/mol. The first kappa shape index (κ1) is 28.2. The zero-order valence-electron chi connectivity index (χ0n) is 16.4. The molecule has 0 radical (unpaired) electrons. The number of nitrogens with zero attached hydrogens (tertiary/aromatic N) is 1. The molecule has 1 aromatic rings. The molecular weight excluding hydrogens is 519 g/mol. The summed E-state index contributed by atoms with van der Waals surface area (Å²) in [5.74, 6) is 0. The zero-order chi connectivity index (χ0) is 25.2. The number of nitrogens with two attached hydrogens (primary N) is 1. The maximum Gasteiger partial charge on any atom is 0.490 e. The van der Waals surface area contributed by atoms with E-state index in [4.69, 9.17) is 25.2 Å². The number of aromatic amines is 1. The molecule has 6 atom stereocenters. The molecule has 1 aliphatic rings. The first-order chi connectivity index (χ1) is 15.1. The van der Waals surface area contributed by atoms with Gasteiger partial charge in [0.1, 0.15) is 24.4 Å². The number of hydrogen-bond donors (Lipinski definition) is 8. The predicted molar refractivity (Wildman–Crippen MR) is 104 cm³/mol. The Kier molecular flexibility index (Phi) is 9.12. The van der Waals surface area contributed by atoms with E-state index in [1.165, 1.54) is 0 Å². The summed E-state index contributed by atoms with van der Waals surface area (Å²) in [5, 5.41) is 20.4. The molecule has 0 aliphatic carbocycles. The Morgan fingerprint density at radius 1 is 1.06 bits per heavy atom. The fourth-order valence-corrected chi connectivity index (χ4v) is 5.80. The number of aliphatic hydroxyl groups is 2. The Balaban J connectivity index is 2.13. The first-order valence-corrected chi connectivity index (χ1v) is 13.4. The van der Waals surface area contributed by atoms with Crippen molar-refractivity contribution < 1.29 is 61.4 Å². The third-order valence-corrected chi connectivity index (χ3v) is 7.93. The smallest absolute Gasteiger partial charge is 0.387 e. The van der Waals surface area contributed by atoms with Crippen LogP contribution in [0.15, 0.2) is 15.8 Å². The summed E-state index contributed by atoms with van der Waals surface area (Å²) in [5.41, 5.74) is 3.42. The fourth-order valence-electron chi connectivity index (χ4n) is 2.77. The molecule has 1 fully saturated rings. The second-order valence-corrected chi connectivity index (χ2v) is 11.1. The molecule has 1 saturated heterocycles. The van der Waals surface area contributed by atoms with Crippen LogP contribution in [0.25, 0.3) is 0 Å². The minimum Gasteiger partial charge on any atom is -0.387 e. The van der Waals surface area contributed by atoms with Gasteiger partial charge in [0.05, 0.1) is 12.2 Å². The normalized spacial score (nSPS) is 27.2. The van der Waals surface area contributed by atoms with Gasteiger partial charge in [0.25, 0.3) is 5.56 Å². The minimum absolute atomic E-state index is 0.125. The van der Waals surface area contributed by atoms with Crippen molar-refractivity contribution in [1.82, 2.24) is 9.55 Å². The van der Waals surface area contributed by atoms with Crippen LogP contribution in [0.3, 0.4) is 0 Å². The van der Waals surface area contributed by atoms with Crippen molar-refractivity contribution in [2.24, 2.45) is 5.73 Å². The highest BCUT2D eigenvalue weighted by Gasteiger charge is 2.47. The number of H-pyrrole nitrogens is 1. The average Bonchev–Trinajstić information content (AvgIpc) is 2.91. The van der Waals surface area contributed by atoms with Crippen LogP contribution in [-0.2, 0) is 38.1 Å². The second kappa shape index (κ2) is 10.7. The molecule has 33 heavy (non-hydrogen) atoms. The van der Waals surface area contributed by atoms with Gasteiger partial charge in [-0.05, 0) is 13.0 Å². The fraction of sp³-hybridized carbons (Fsp3) is 0.667. The van der Waals surface area contributed by atoms with Gasteiger partial charge in [0.15, 0.2) is 0 Å². The van der Waals surface area contributed by atoms with Crippen LogP contribution >= 0.6 is 23.5 Å². The maximum absolute atomic E-state index is 12.2. The van der Waals surface area contributed by atoms with Crippen LogP contribution in [0.4, 0.5) is 0 Å². The van der Waals surface area contributed by atoms with Crippen LogP contribution < -0.4 is 17.0 Å². The molecule has 9 N–H and O–H groups in total. The number of aryl methyl sites for hydroxylation is 1. The quantitative estimate of drug-likeness (QED) is 0.133. The molecule has 0 saturated carbocycles. The molecule has 0 bridgehead atoms. The second-order valence-electron chi connectivity index (χ2n) is 6.64. The Morgan fingerprint density at radius 2 is 1.70 bits per heavy atom. The maximum atomic E-state index is 12.2. The van der Waals surface area contributed by atoms with Crippen molar-refractivity contribution in [2.45, 2.75) is 37.4 Å². The lowest BCUT2D eigenvalue weighted by Gasteiger charge is -2.19. The highest BCUT2D eigenvalue weighted by Crippen LogP contribution is 2.66. The van der Waals surface area contributed by atoms with Gasteiger partial charge < -0.3 is 44.8 Å². The number of phosphoric ester groups is 1. The van der Waals surface area contributed by atoms with E-state index in [9.17, 15) is 38.4 Å². The van der Waals surface area contributed by atoms with E-state index in [-0.39, 0.29) is 18.7 Å². The summed E-state index contributed by atoms with van der Waals surface area (Å²) < 4.78 is 51.6. The van der Waals surface area contributed by atoms with E-state index in [2.05, 4.69) is 13.1 Å². The van der Waals surface area contributed by atoms with Gasteiger partial charge in [-0.1, -0.05) is 0 Å². The standard InChI is InChI=1S/C12H22N3O15P3/c13-2-1-3-15-4-6(11(18)14-12(15)19)10-9(17)8(16)7(28-10)5-27-32(23,24)30-33(25,26)29-31(20,21)22/h4,7-10,16-17H,1-3,5,13H2,(H,23,24)(H,25,26)(H,14,18,19)(H2,20,21,22)/t7-,8-,9-,10+/m1/s1. The summed E-state index contributed by atoms with van der Waals surface area (Å²) in [6.07, 6.45) is -5.19. The highest BCUT2D eigenvalue weighted by molar-refractivity contribution is 7.66. The van der Waals surface area contributed by atoms with Crippen molar-refractivity contribution in [1.29, 1.82) is 0 Å². The number of rotatable bonds is 11.